The van der Waals surface area contributed by atoms with Gasteiger partial charge in [0.15, 0.2) is 5.58 Å². The van der Waals surface area contributed by atoms with E-state index in [1.807, 2.05) is 19.0 Å². The molecule has 0 unspecified atom stereocenters. The summed E-state index contributed by atoms with van der Waals surface area (Å²) in [5.74, 6) is -2.14. The number of carbonyl (C=O) groups excluding carboxylic acids is 1. The van der Waals surface area contributed by atoms with E-state index < -0.39 is 32.4 Å². The quantitative estimate of drug-likeness (QED) is 0.471. The number of sulfonamides is 1. The van der Waals surface area contributed by atoms with Gasteiger partial charge in [0.05, 0.1) is 5.52 Å². The molecule has 11 heteroatoms. The molecule has 0 fully saturated rings. The molecular formula is C21H23FN4O5S. The van der Waals surface area contributed by atoms with Gasteiger partial charge < -0.3 is 14.6 Å². The molecule has 1 amide bonds. The number of benzene rings is 2. The van der Waals surface area contributed by atoms with Gasteiger partial charge >= 0.3 is 5.76 Å². The maximum atomic E-state index is 14.1. The Balaban J connectivity index is 1.88. The first-order valence-corrected chi connectivity index (χ1v) is 11.1. The van der Waals surface area contributed by atoms with E-state index in [4.69, 9.17) is 4.42 Å². The van der Waals surface area contributed by atoms with E-state index in [0.29, 0.717) is 29.9 Å². The van der Waals surface area contributed by atoms with Gasteiger partial charge in [-0.1, -0.05) is 6.08 Å². The predicted octanol–water partition coefficient (Wildman–Crippen LogP) is 2.01. The number of anilines is 1. The highest BCUT2D eigenvalue weighted by atomic mass is 32.2. The van der Waals surface area contributed by atoms with Crippen molar-refractivity contribution in [1.82, 2.24) is 14.2 Å². The van der Waals surface area contributed by atoms with Crippen molar-refractivity contribution in [2.24, 2.45) is 0 Å². The van der Waals surface area contributed by atoms with E-state index in [2.05, 4.69) is 16.6 Å². The number of carbonyl (C=O) groups is 1. The summed E-state index contributed by atoms with van der Waals surface area (Å²) in [5, 5.41) is 2.63. The molecule has 0 spiro atoms. The van der Waals surface area contributed by atoms with Crippen LogP contribution in [0.4, 0.5) is 10.1 Å². The summed E-state index contributed by atoms with van der Waals surface area (Å²) in [6.07, 6.45) is 1.32. The van der Waals surface area contributed by atoms with Crippen molar-refractivity contribution < 1.29 is 22.0 Å². The number of halogens is 1. The Hall–Kier alpha value is -3.28. The lowest BCUT2D eigenvalue weighted by Gasteiger charge is -2.11. The number of rotatable bonds is 9. The minimum Gasteiger partial charge on any atom is -0.408 e. The smallest absolute Gasteiger partial charge is 0.408 e. The fourth-order valence-electron chi connectivity index (χ4n) is 2.95. The second kappa shape index (κ2) is 9.47. The van der Waals surface area contributed by atoms with Gasteiger partial charge in [-0.3, -0.25) is 9.36 Å². The molecule has 2 aromatic carbocycles. The highest BCUT2D eigenvalue weighted by Crippen LogP contribution is 2.21. The summed E-state index contributed by atoms with van der Waals surface area (Å²) in [6, 6.07) is 7.74. The Labute approximate surface area is 184 Å². The Morgan fingerprint density at radius 2 is 2.00 bits per heavy atom. The molecule has 1 aromatic heterocycles. The van der Waals surface area contributed by atoms with Crippen molar-refractivity contribution in [3.63, 3.8) is 0 Å². The van der Waals surface area contributed by atoms with Gasteiger partial charge in [-0.2, -0.15) is 0 Å². The predicted molar refractivity (Wildman–Crippen MR) is 119 cm³/mol. The molecule has 32 heavy (non-hydrogen) atoms. The number of fused-ring (bicyclic) bond motifs is 1. The number of aromatic nitrogens is 1. The molecule has 3 rings (SSSR count). The Bertz CT molecular complexity index is 1330. The first kappa shape index (κ1) is 23.4. The van der Waals surface area contributed by atoms with Crippen LogP contribution in [0.5, 0.6) is 0 Å². The second-order valence-corrected chi connectivity index (χ2v) is 8.98. The van der Waals surface area contributed by atoms with Gasteiger partial charge in [0.1, 0.15) is 10.7 Å². The molecule has 1 heterocycles. The lowest BCUT2D eigenvalue weighted by atomic mass is 10.2. The van der Waals surface area contributed by atoms with Crippen LogP contribution in [0, 0.1) is 5.82 Å². The second-order valence-electron chi connectivity index (χ2n) is 7.25. The van der Waals surface area contributed by atoms with Crippen molar-refractivity contribution >= 4 is 32.7 Å². The molecule has 3 aromatic rings. The lowest BCUT2D eigenvalue weighted by molar-refractivity contribution is 0.102. The van der Waals surface area contributed by atoms with Crippen LogP contribution in [0.15, 0.2) is 63.2 Å². The summed E-state index contributed by atoms with van der Waals surface area (Å²) in [6.45, 7) is 4.33. The van der Waals surface area contributed by atoms with Crippen molar-refractivity contribution in [3.05, 3.63) is 71.0 Å². The van der Waals surface area contributed by atoms with Crippen LogP contribution in [0.1, 0.15) is 10.4 Å². The molecule has 0 aliphatic heterocycles. The van der Waals surface area contributed by atoms with E-state index in [1.54, 1.807) is 18.2 Å². The highest BCUT2D eigenvalue weighted by Gasteiger charge is 2.21. The summed E-state index contributed by atoms with van der Waals surface area (Å²) >= 11 is 0. The van der Waals surface area contributed by atoms with Crippen LogP contribution < -0.4 is 15.8 Å². The van der Waals surface area contributed by atoms with E-state index in [9.17, 15) is 22.4 Å². The lowest BCUT2D eigenvalue weighted by Crippen LogP contribution is -2.25. The molecule has 9 nitrogen and oxygen atoms in total. The molecule has 170 valence electrons. The fraction of sp³-hybridized carbons (Fsp3) is 0.238. The normalized spacial score (nSPS) is 11.8. The van der Waals surface area contributed by atoms with Crippen molar-refractivity contribution in [2.45, 2.75) is 11.4 Å². The van der Waals surface area contributed by atoms with Crippen molar-refractivity contribution in [3.8, 4) is 0 Å². The maximum Gasteiger partial charge on any atom is 0.419 e. The van der Waals surface area contributed by atoms with E-state index in [-0.39, 0.29) is 12.1 Å². The van der Waals surface area contributed by atoms with Gasteiger partial charge in [0.2, 0.25) is 10.0 Å². The summed E-state index contributed by atoms with van der Waals surface area (Å²) < 4.78 is 47.5. The number of nitrogens with zero attached hydrogens (tertiary/aromatic N) is 2. The van der Waals surface area contributed by atoms with Crippen LogP contribution in [0.25, 0.3) is 11.1 Å². The van der Waals surface area contributed by atoms with Crippen LogP contribution >= 0.6 is 0 Å². The average Bonchev–Trinajstić information content (AvgIpc) is 3.05. The third-order valence-electron chi connectivity index (χ3n) is 4.60. The number of hydrogen-bond donors (Lipinski definition) is 2. The standard InChI is InChI=1S/C21H23FN4O5S/c1-4-9-23-32(29,30)19-12-14(5-7-16(19)22)20(27)24-15-6-8-18-17(13-15)26(21(28)31-18)11-10-25(2)3/h4-8,12-13,23H,1,9-11H2,2-3H3,(H,24,27). The Morgan fingerprint density at radius 1 is 1.25 bits per heavy atom. The number of nitrogens with one attached hydrogen (secondary N) is 2. The summed E-state index contributed by atoms with van der Waals surface area (Å²) in [5.41, 5.74) is 1.18. The van der Waals surface area contributed by atoms with Crippen molar-refractivity contribution in [2.75, 3.05) is 32.5 Å². The first-order valence-electron chi connectivity index (χ1n) is 9.62. The number of oxazole rings is 1. The number of likely N-dealkylation sites (N-methyl/N-ethyl adjacent to an activating group) is 1. The Morgan fingerprint density at radius 3 is 2.69 bits per heavy atom. The van der Waals surface area contributed by atoms with Gasteiger partial charge in [-0.05, 0) is 50.5 Å². The zero-order valence-corrected chi connectivity index (χ0v) is 18.4. The van der Waals surface area contributed by atoms with Crippen LogP contribution in [0.3, 0.4) is 0 Å². The molecule has 0 bridgehead atoms. The van der Waals surface area contributed by atoms with Gasteiger partial charge in [0, 0.05) is 30.9 Å². The van der Waals surface area contributed by atoms with Crippen LogP contribution in [-0.4, -0.2) is 51.0 Å². The molecule has 0 radical (unpaired) electrons. The van der Waals surface area contributed by atoms with E-state index in [1.165, 1.54) is 16.7 Å². The summed E-state index contributed by atoms with van der Waals surface area (Å²) in [7, 11) is -0.402. The van der Waals surface area contributed by atoms with Crippen molar-refractivity contribution in [1.29, 1.82) is 0 Å². The minimum absolute atomic E-state index is 0.0531. The highest BCUT2D eigenvalue weighted by molar-refractivity contribution is 7.89. The maximum absolute atomic E-state index is 14.1. The van der Waals surface area contributed by atoms with Gasteiger partial charge in [-0.15, -0.1) is 6.58 Å². The molecule has 0 atom stereocenters. The topological polar surface area (TPSA) is 114 Å². The first-order chi connectivity index (χ1) is 15.1. The average molecular weight is 463 g/mol. The molecule has 0 aliphatic rings. The molecule has 0 saturated heterocycles. The molecule has 0 aliphatic carbocycles. The fourth-order valence-corrected chi connectivity index (χ4v) is 4.05. The minimum atomic E-state index is -4.16. The third kappa shape index (κ3) is 5.13. The summed E-state index contributed by atoms with van der Waals surface area (Å²) in [4.78, 5) is 26.1. The monoisotopic (exact) mass is 462 g/mol. The van der Waals surface area contributed by atoms with E-state index in [0.717, 1.165) is 12.1 Å². The number of amides is 1. The third-order valence-corrected chi connectivity index (χ3v) is 6.04. The van der Waals surface area contributed by atoms with Crippen LogP contribution in [0.2, 0.25) is 0 Å². The zero-order chi connectivity index (χ0) is 23.5. The van der Waals surface area contributed by atoms with E-state index >= 15 is 0 Å². The number of hydrogen-bond acceptors (Lipinski definition) is 6. The molecule has 2 N–H and O–H groups in total. The SMILES string of the molecule is C=CCNS(=O)(=O)c1cc(C(=O)Nc2ccc3oc(=O)n(CCN(C)C)c3c2)ccc1F. The van der Waals surface area contributed by atoms with Gasteiger partial charge in [-0.25, -0.2) is 22.3 Å². The Kier molecular flexibility index (Phi) is 6.92. The molecule has 0 saturated carbocycles. The largest absolute Gasteiger partial charge is 0.419 e. The van der Waals surface area contributed by atoms with Gasteiger partial charge in [0.25, 0.3) is 5.91 Å². The van der Waals surface area contributed by atoms with Crippen LogP contribution in [-0.2, 0) is 16.6 Å². The molecular weight excluding hydrogens is 439 g/mol. The zero-order valence-electron chi connectivity index (χ0n) is 17.6.